The van der Waals surface area contributed by atoms with Gasteiger partial charge in [-0.25, -0.2) is 0 Å². The molecule has 1 unspecified atom stereocenters. The van der Waals surface area contributed by atoms with E-state index in [0.29, 0.717) is 6.54 Å². The summed E-state index contributed by atoms with van der Waals surface area (Å²) in [7, 11) is 1.66. The molecular weight excluding hydrogens is 290 g/mol. The van der Waals surface area contributed by atoms with Crippen LogP contribution in [-0.4, -0.2) is 32.3 Å². The molecule has 4 nitrogen and oxygen atoms in total. The van der Waals surface area contributed by atoms with Crippen LogP contribution in [-0.2, 0) is 9.53 Å². The summed E-state index contributed by atoms with van der Waals surface area (Å²) in [5, 5.41) is 5.23. The molecule has 23 heavy (non-hydrogen) atoms. The molecule has 3 rings (SSSR count). The van der Waals surface area contributed by atoms with Crippen molar-refractivity contribution in [1.29, 1.82) is 0 Å². The monoisotopic (exact) mass is 313 g/mol. The van der Waals surface area contributed by atoms with E-state index in [1.165, 1.54) is 0 Å². The van der Waals surface area contributed by atoms with Crippen LogP contribution in [0.2, 0.25) is 0 Å². The van der Waals surface area contributed by atoms with Crippen molar-refractivity contribution in [3.63, 3.8) is 0 Å². The molecule has 1 heterocycles. The minimum Gasteiger partial charge on any atom is -0.497 e. The van der Waals surface area contributed by atoms with E-state index in [-0.39, 0.29) is 17.9 Å². The zero-order chi connectivity index (χ0) is 16.2. The Kier molecular flexibility index (Phi) is 4.82. The van der Waals surface area contributed by atoms with E-state index < -0.39 is 0 Å². The lowest BCUT2D eigenvalue weighted by atomic mass is 9.97. The number of hydrogen-bond acceptors (Lipinski definition) is 3. The normalized spacial score (nSPS) is 18.8. The first kappa shape index (κ1) is 15.8. The van der Waals surface area contributed by atoms with Gasteiger partial charge in [-0.3, -0.25) is 4.79 Å². The first-order valence-electron chi connectivity index (χ1n) is 8.14. The van der Waals surface area contributed by atoms with Gasteiger partial charge in [-0.1, -0.05) is 24.3 Å². The summed E-state index contributed by atoms with van der Waals surface area (Å²) < 4.78 is 10.8. The number of carbonyl (C=O) groups is 1. The Morgan fingerprint density at radius 1 is 1.30 bits per heavy atom. The van der Waals surface area contributed by atoms with Crippen molar-refractivity contribution in [3.8, 4) is 5.75 Å². The Bertz CT molecular complexity index is 692. The van der Waals surface area contributed by atoms with Gasteiger partial charge in [-0.2, -0.15) is 0 Å². The molecule has 1 aliphatic heterocycles. The Morgan fingerprint density at radius 3 is 2.83 bits per heavy atom. The maximum Gasteiger partial charge on any atom is 0.227 e. The van der Waals surface area contributed by atoms with Gasteiger partial charge in [0.25, 0.3) is 0 Å². The summed E-state index contributed by atoms with van der Waals surface area (Å²) in [5.41, 5.74) is 1.02. The number of methoxy groups -OCH3 is 1. The fourth-order valence-corrected chi connectivity index (χ4v) is 2.96. The first-order valence-corrected chi connectivity index (χ1v) is 8.14. The predicted octanol–water partition coefficient (Wildman–Crippen LogP) is 3.25. The second-order valence-corrected chi connectivity index (χ2v) is 6.07. The summed E-state index contributed by atoms with van der Waals surface area (Å²) in [5.74, 6) is 0.712. The first-order chi connectivity index (χ1) is 11.2. The van der Waals surface area contributed by atoms with E-state index >= 15 is 0 Å². The van der Waals surface area contributed by atoms with Crippen molar-refractivity contribution in [3.05, 3.63) is 42.0 Å². The van der Waals surface area contributed by atoms with Gasteiger partial charge in [0.05, 0.1) is 19.1 Å². The van der Waals surface area contributed by atoms with E-state index in [9.17, 15) is 4.79 Å². The topological polar surface area (TPSA) is 47.6 Å². The molecular formula is C19H23NO3. The number of rotatable bonds is 5. The van der Waals surface area contributed by atoms with Crippen molar-refractivity contribution in [1.82, 2.24) is 5.32 Å². The highest BCUT2D eigenvalue weighted by molar-refractivity contribution is 5.88. The lowest BCUT2D eigenvalue weighted by molar-refractivity contribution is -0.122. The van der Waals surface area contributed by atoms with Gasteiger partial charge in [-0.05, 0) is 48.2 Å². The van der Waals surface area contributed by atoms with Gasteiger partial charge in [0.1, 0.15) is 5.75 Å². The van der Waals surface area contributed by atoms with E-state index in [1.807, 2.05) is 37.3 Å². The molecule has 1 aliphatic rings. The minimum atomic E-state index is -0.178. The molecule has 0 saturated carbocycles. The van der Waals surface area contributed by atoms with Crippen LogP contribution in [0.1, 0.15) is 31.2 Å². The quantitative estimate of drug-likeness (QED) is 0.922. The Labute approximate surface area is 136 Å². The van der Waals surface area contributed by atoms with Crippen molar-refractivity contribution < 1.29 is 14.3 Å². The Morgan fingerprint density at radius 2 is 2.09 bits per heavy atom. The van der Waals surface area contributed by atoms with Crippen LogP contribution in [0, 0.1) is 0 Å². The number of nitrogens with one attached hydrogen (secondary N) is 1. The molecule has 122 valence electrons. The van der Waals surface area contributed by atoms with Gasteiger partial charge in [0.15, 0.2) is 0 Å². The predicted molar refractivity (Wildman–Crippen MR) is 90.9 cm³/mol. The number of carbonyl (C=O) groups excluding carboxylic acids is 1. The number of fused-ring (bicyclic) bond motifs is 1. The van der Waals surface area contributed by atoms with Crippen LogP contribution < -0.4 is 10.1 Å². The SMILES string of the molecule is COc1ccc2cc([C@H](C)C(=O)NCC3CCCO3)ccc2c1. The van der Waals surface area contributed by atoms with Crippen LogP contribution in [0.15, 0.2) is 36.4 Å². The summed E-state index contributed by atoms with van der Waals surface area (Å²) in [6.07, 6.45) is 2.30. The average molecular weight is 313 g/mol. The number of hydrogen-bond donors (Lipinski definition) is 1. The van der Waals surface area contributed by atoms with Crippen LogP contribution >= 0.6 is 0 Å². The molecule has 0 radical (unpaired) electrons. The third-order valence-corrected chi connectivity index (χ3v) is 4.49. The van der Waals surface area contributed by atoms with Gasteiger partial charge < -0.3 is 14.8 Å². The highest BCUT2D eigenvalue weighted by Crippen LogP contribution is 2.25. The summed E-state index contributed by atoms with van der Waals surface area (Å²) in [4.78, 5) is 12.4. The second kappa shape index (κ2) is 7.01. The molecule has 1 saturated heterocycles. The van der Waals surface area contributed by atoms with E-state index in [0.717, 1.165) is 41.5 Å². The third kappa shape index (κ3) is 3.64. The molecule has 2 atom stereocenters. The zero-order valence-electron chi connectivity index (χ0n) is 13.7. The van der Waals surface area contributed by atoms with E-state index in [4.69, 9.17) is 9.47 Å². The van der Waals surface area contributed by atoms with Gasteiger partial charge >= 0.3 is 0 Å². The summed E-state index contributed by atoms with van der Waals surface area (Å²) in [6.45, 7) is 3.35. The number of benzene rings is 2. The molecule has 4 heteroatoms. The fraction of sp³-hybridized carbons (Fsp3) is 0.421. The minimum absolute atomic E-state index is 0.0494. The van der Waals surface area contributed by atoms with Gasteiger partial charge in [0, 0.05) is 13.2 Å². The van der Waals surface area contributed by atoms with Crippen LogP contribution in [0.5, 0.6) is 5.75 Å². The Hall–Kier alpha value is -2.07. The average Bonchev–Trinajstić information content (AvgIpc) is 3.11. The number of amides is 1. The third-order valence-electron chi connectivity index (χ3n) is 4.49. The lowest BCUT2D eigenvalue weighted by Gasteiger charge is -2.16. The smallest absolute Gasteiger partial charge is 0.227 e. The highest BCUT2D eigenvalue weighted by Gasteiger charge is 2.19. The standard InChI is InChI=1S/C19H23NO3/c1-13(19(21)20-12-18-4-3-9-23-18)14-5-6-16-11-17(22-2)8-7-15(16)10-14/h5-8,10-11,13,18H,3-4,9,12H2,1-2H3,(H,20,21)/t13-,18?/m0/s1. The van der Waals surface area contributed by atoms with Crippen molar-refractivity contribution in [2.24, 2.45) is 0 Å². The highest BCUT2D eigenvalue weighted by atomic mass is 16.5. The van der Waals surface area contributed by atoms with Crippen LogP contribution in [0.4, 0.5) is 0 Å². The molecule has 1 fully saturated rings. The molecule has 1 amide bonds. The van der Waals surface area contributed by atoms with Gasteiger partial charge in [0.2, 0.25) is 5.91 Å². The lowest BCUT2D eigenvalue weighted by Crippen LogP contribution is -2.34. The van der Waals surface area contributed by atoms with Gasteiger partial charge in [-0.15, -0.1) is 0 Å². The van der Waals surface area contributed by atoms with E-state index in [2.05, 4.69) is 11.4 Å². The molecule has 0 bridgehead atoms. The summed E-state index contributed by atoms with van der Waals surface area (Å²) >= 11 is 0. The molecule has 0 spiro atoms. The molecule has 2 aromatic carbocycles. The number of ether oxygens (including phenoxy) is 2. The summed E-state index contributed by atoms with van der Waals surface area (Å²) in [6, 6.07) is 12.1. The second-order valence-electron chi connectivity index (χ2n) is 6.07. The van der Waals surface area contributed by atoms with E-state index in [1.54, 1.807) is 7.11 Å². The maximum atomic E-state index is 12.4. The Balaban J connectivity index is 1.69. The van der Waals surface area contributed by atoms with Crippen molar-refractivity contribution in [2.75, 3.05) is 20.3 Å². The molecule has 0 aliphatic carbocycles. The molecule has 0 aromatic heterocycles. The largest absolute Gasteiger partial charge is 0.497 e. The van der Waals surface area contributed by atoms with Crippen molar-refractivity contribution in [2.45, 2.75) is 31.8 Å². The zero-order valence-corrected chi connectivity index (χ0v) is 13.7. The fourth-order valence-electron chi connectivity index (χ4n) is 2.96. The van der Waals surface area contributed by atoms with Crippen LogP contribution in [0.3, 0.4) is 0 Å². The van der Waals surface area contributed by atoms with Crippen molar-refractivity contribution >= 4 is 16.7 Å². The molecule has 1 N–H and O–H groups in total. The molecule has 2 aromatic rings. The maximum absolute atomic E-state index is 12.4. The van der Waals surface area contributed by atoms with Crippen LogP contribution in [0.25, 0.3) is 10.8 Å².